The molecule has 1 unspecified atom stereocenters. The van der Waals surface area contributed by atoms with Gasteiger partial charge >= 0.3 is 42.6 Å². The van der Waals surface area contributed by atoms with Crippen LogP contribution in [-0.4, -0.2) is 8.07 Å². The summed E-state index contributed by atoms with van der Waals surface area (Å²) in [4.78, 5) is 0. The minimum absolute atomic E-state index is 1.14. The Morgan fingerprint density at radius 1 is 1.04 bits per heavy atom. The van der Waals surface area contributed by atoms with E-state index in [0.717, 1.165) is 6.42 Å². The van der Waals surface area contributed by atoms with Crippen LogP contribution in [0.2, 0.25) is 12.6 Å². The number of unbranched alkanes of at least 4 members (excludes halogenated alkanes) is 1. The number of hydrogen-bond acceptors (Lipinski definition) is 0. The molecule has 0 aromatic heterocycles. The molecule has 2 rings (SSSR count). The van der Waals surface area contributed by atoms with Crippen LogP contribution in [0.3, 0.4) is 0 Å². The van der Waals surface area contributed by atoms with Crippen LogP contribution in [0.15, 0.2) is 30.3 Å². The molecule has 0 heterocycles. The van der Waals surface area contributed by atoms with Gasteiger partial charge in [0.25, 0.3) is 0 Å². The first kappa shape index (κ1) is 24.4. The zero-order valence-electron chi connectivity index (χ0n) is 16.8. The summed E-state index contributed by atoms with van der Waals surface area (Å²) in [5.41, 5.74) is 5.89. The zero-order chi connectivity index (χ0) is 19.9. The first-order valence-electron chi connectivity index (χ1n) is 9.33. The average molecular weight is 466 g/mol. The van der Waals surface area contributed by atoms with E-state index in [9.17, 15) is 0 Å². The van der Waals surface area contributed by atoms with Gasteiger partial charge in [0.15, 0.2) is 0 Å². The maximum atomic E-state index is 4.97. The Labute approximate surface area is 179 Å². The van der Waals surface area contributed by atoms with Crippen molar-refractivity contribution < 1.29 is 14.7 Å². The van der Waals surface area contributed by atoms with Crippen molar-refractivity contribution in [3.8, 4) is 0 Å². The fourth-order valence-corrected chi connectivity index (χ4v) is 8.78. The molecule has 144 valence electrons. The van der Waals surface area contributed by atoms with Gasteiger partial charge in [-0.25, -0.2) is 6.07 Å². The second-order valence-corrected chi connectivity index (χ2v) is 19.3. The van der Waals surface area contributed by atoms with E-state index in [2.05, 4.69) is 71.5 Å². The molecule has 0 aliphatic carbocycles. The van der Waals surface area contributed by atoms with Gasteiger partial charge in [0, 0.05) is 0 Å². The summed E-state index contributed by atoms with van der Waals surface area (Å²) in [7, 11) is 13.3. The molecule has 0 radical (unpaired) electrons. The van der Waals surface area contributed by atoms with Gasteiger partial charge in [0.2, 0.25) is 0 Å². The van der Waals surface area contributed by atoms with E-state index in [0.29, 0.717) is 0 Å². The Morgan fingerprint density at radius 2 is 1.58 bits per heavy atom. The van der Waals surface area contributed by atoms with Gasteiger partial charge in [-0.1, -0.05) is 79.7 Å². The van der Waals surface area contributed by atoms with E-state index in [-0.39, 0.29) is 0 Å². The molecular formula is C21H31Cl3SiTi. The van der Waals surface area contributed by atoms with Gasteiger partial charge in [-0.2, -0.15) is 22.9 Å². The molecule has 0 aliphatic rings. The zero-order valence-corrected chi connectivity index (χ0v) is 21.7. The molecule has 26 heavy (non-hydrogen) atoms. The fraction of sp³-hybridized carbons (Fsp3) is 0.476. The Balaban J connectivity index is 0.000000765. The molecule has 1 atom stereocenters. The molecular weight excluding hydrogens is 435 g/mol. The van der Waals surface area contributed by atoms with Crippen molar-refractivity contribution in [1.82, 2.24) is 0 Å². The van der Waals surface area contributed by atoms with Crippen molar-refractivity contribution in [1.29, 1.82) is 0 Å². The first-order valence-corrected chi connectivity index (χ1v) is 18.5. The van der Waals surface area contributed by atoms with Crippen molar-refractivity contribution in [3.05, 3.63) is 52.6 Å². The van der Waals surface area contributed by atoms with Crippen molar-refractivity contribution in [3.63, 3.8) is 0 Å². The van der Waals surface area contributed by atoms with E-state index in [1.807, 2.05) is 0 Å². The summed E-state index contributed by atoms with van der Waals surface area (Å²) in [5.74, 6) is 0. The van der Waals surface area contributed by atoms with Gasteiger partial charge in [-0.15, -0.1) is 0 Å². The van der Waals surface area contributed by atoms with Crippen molar-refractivity contribution in [2.45, 2.75) is 66.5 Å². The molecule has 0 saturated carbocycles. The molecule has 2 aromatic rings. The summed E-state index contributed by atoms with van der Waals surface area (Å²) in [6, 6.07) is 13.4. The first-order chi connectivity index (χ1) is 12.2. The summed E-state index contributed by atoms with van der Waals surface area (Å²) in [6.45, 7) is 14.0. The molecule has 0 fully saturated rings. The second-order valence-electron chi connectivity index (χ2n) is 7.29. The monoisotopic (exact) mass is 464 g/mol. The summed E-state index contributed by atoms with van der Waals surface area (Å²) >= 11 is -1.92. The molecule has 2 aromatic carbocycles. The third-order valence-corrected chi connectivity index (χ3v) is 9.95. The molecule has 0 saturated heterocycles. The van der Waals surface area contributed by atoms with Crippen LogP contribution >= 0.6 is 27.9 Å². The Bertz CT molecular complexity index is 671. The van der Waals surface area contributed by atoms with Crippen LogP contribution in [-0.2, 0) is 21.1 Å². The number of rotatable bonds is 6. The van der Waals surface area contributed by atoms with Crippen LogP contribution in [0.4, 0.5) is 0 Å². The van der Waals surface area contributed by atoms with Crippen LogP contribution in [0.25, 0.3) is 0 Å². The summed E-state index contributed by atoms with van der Waals surface area (Å²) in [6.07, 6.45) is 3.76. The number of aryl methyl sites for hydroxylation is 4. The fourth-order valence-electron chi connectivity index (χ4n) is 4.05. The van der Waals surface area contributed by atoms with E-state index in [4.69, 9.17) is 27.9 Å². The topological polar surface area (TPSA) is 0 Å². The van der Waals surface area contributed by atoms with E-state index >= 15 is 0 Å². The van der Waals surface area contributed by atoms with Crippen LogP contribution in [0.1, 0.15) is 48.9 Å². The molecule has 0 bridgehead atoms. The van der Waals surface area contributed by atoms with Crippen molar-refractivity contribution in [2.75, 3.05) is 0 Å². The number of hydrogen-bond donors (Lipinski definition) is 0. The van der Waals surface area contributed by atoms with E-state index in [1.165, 1.54) is 41.1 Å². The van der Waals surface area contributed by atoms with E-state index < -0.39 is 22.8 Å². The van der Waals surface area contributed by atoms with Gasteiger partial charge in [0.05, 0.1) is 8.07 Å². The SMILES string of the molecule is CCCC[Si](C)(c1c(C)cc(C)cc1C)[c-]1ccc(CC)c1.[Cl][Ti+]([Cl])[Cl]. The molecule has 0 amide bonds. The van der Waals surface area contributed by atoms with Crippen LogP contribution in [0, 0.1) is 20.8 Å². The molecule has 0 N–H and O–H groups in total. The number of benzene rings is 1. The summed E-state index contributed by atoms with van der Waals surface area (Å²) < 4.78 is 0. The minimum atomic E-state index is -1.92. The van der Waals surface area contributed by atoms with Crippen molar-refractivity contribution in [2.24, 2.45) is 0 Å². The predicted octanol–water partition coefficient (Wildman–Crippen LogP) is 6.95. The van der Waals surface area contributed by atoms with Crippen molar-refractivity contribution >= 4 is 46.4 Å². The second kappa shape index (κ2) is 11.4. The van der Waals surface area contributed by atoms with Gasteiger partial charge in [0.1, 0.15) is 0 Å². The Kier molecular flexibility index (Phi) is 10.7. The number of halogens is 3. The predicted molar refractivity (Wildman–Crippen MR) is 120 cm³/mol. The normalized spacial score (nSPS) is 13.0. The van der Waals surface area contributed by atoms with Gasteiger partial charge in [-0.05, 0) is 20.8 Å². The van der Waals surface area contributed by atoms with Crippen LogP contribution < -0.4 is 10.4 Å². The summed E-state index contributed by atoms with van der Waals surface area (Å²) in [5, 5.41) is 3.31. The third kappa shape index (κ3) is 6.76. The Hall–Kier alpha value is 0.371. The quantitative estimate of drug-likeness (QED) is 0.320. The van der Waals surface area contributed by atoms with E-state index in [1.54, 1.807) is 10.4 Å². The Morgan fingerprint density at radius 3 is 2.00 bits per heavy atom. The van der Waals surface area contributed by atoms with Crippen LogP contribution in [0.5, 0.6) is 0 Å². The average Bonchev–Trinajstić information content (AvgIpc) is 3.01. The molecule has 0 aliphatic heterocycles. The third-order valence-electron chi connectivity index (χ3n) is 5.12. The maximum absolute atomic E-state index is 4.97. The molecule has 0 spiro atoms. The standard InChI is InChI=1S/C21H31Si.3ClH.Ti/c1-7-9-12-22(6,20-11-10-19(8-2)15-20)21-17(4)13-16(3)14-18(21)5;;;;/h10-11,13-15H,7-9,12H2,1-6H3;3*1H;/q-1;;;;+4/p-3. The molecule has 5 heteroatoms. The molecule has 0 nitrogen and oxygen atoms in total. The van der Waals surface area contributed by atoms with Gasteiger partial charge < -0.3 is 0 Å². The van der Waals surface area contributed by atoms with Gasteiger partial charge in [-0.3, -0.25) is 0 Å².